The summed E-state index contributed by atoms with van der Waals surface area (Å²) >= 11 is 3.85. The van der Waals surface area contributed by atoms with Crippen molar-refractivity contribution >= 4 is 23.5 Å². The quantitative estimate of drug-likeness (QED) is 0.604. The zero-order chi connectivity index (χ0) is 12.4. The van der Waals surface area contributed by atoms with Crippen molar-refractivity contribution in [2.45, 2.75) is 45.8 Å². The summed E-state index contributed by atoms with van der Waals surface area (Å²) in [6.45, 7) is 2.26. The van der Waals surface area contributed by atoms with Gasteiger partial charge in [-0.25, -0.2) is 0 Å². The Hall–Kier alpha value is -0.860. The Labute approximate surface area is 117 Å². The molecular weight excluding hydrogens is 256 g/mol. The number of rotatable bonds is 3. The average Bonchev–Trinajstić information content (AvgIpc) is 2.43. The van der Waals surface area contributed by atoms with Gasteiger partial charge < -0.3 is 0 Å². The smallest absolute Gasteiger partial charge is 0.0294 e. The molecule has 18 heavy (non-hydrogen) atoms. The molecule has 0 amide bonds. The molecular formula is C16H16S2. The highest BCUT2D eigenvalue weighted by Crippen LogP contribution is 2.49. The molecule has 0 bridgehead atoms. The van der Waals surface area contributed by atoms with Crippen molar-refractivity contribution in [3.63, 3.8) is 0 Å². The highest BCUT2D eigenvalue weighted by molar-refractivity contribution is 8.05. The summed E-state index contributed by atoms with van der Waals surface area (Å²) in [5, 5.41) is 0. The minimum atomic E-state index is 1.20. The van der Waals surface area contributed by atoms with Gasteiger partial charge in [0.25, 0.3) is 0 Å². The van der Waals surface area contributed by atoms with E-state index >= 15 is 0 Å². The molecule has 1 aliphatic heterocycles. The van der Waals surface area contributed by atoms with Crippen LogP contribution >= 0.6 is 23.5 Å². The van der Waals surface area contributed by atoms with Crippen molar-refractivity contribution in [3.05, 3.63) is 48.0 Å². The molecule has 2 aromatic carbocycles. The molecule has 0 aromatic heterocycles. The molecule has 0 fully saturated rings. The van der Waals surface area contributed by atoms with Crippen molar-refractivity contribution in [1.29, 1.82) is 0 Å². The highest BCUT2D eigenvalue weighted by atomic mass is 32.2. The Morgan fingerprint density at radius 1 is 0.833 bits per heavy atom. The van der Waals surface area contributed by atoms with Crippen molar-refractivity contribution in [2.24, 2.45) is 0 Å². The third-order valence-corrected chi connectivity index (χ3v) is 5.80. The summed E-state index contributed by atoms with van der Waals surface area (Å²) in [6.07, 6.45) is 3.75. The van der Waals surface area contributed by atoms with Gasteiger partial charge in [-0.3, -0.25) is 0 Å². The number of benzene rings is 2. The van der Waals surface area contributed by atoms with E-state index in [-0.39, 0.29) is 0 Å². The van der Waals surface area contributed by atoms with Crippen molar-refractivity contribution < 1.29 is 0 Å². The number of hydrogen-bond acceptors (Lipinski definition) is 2. The van der Waals surface area contributed by atoms with Crippen LogP contribution < -0.4 is 0 Å². The van der Waals surface area contributed by atoms with Crippen LogP contribution in [-0.2, 0) is 6.42 Å². The van der Waals surface area contributed by atoms with E-state index in [1.165, 1.54) is 44.4 Å². The number of hydrogen-bond donors (Lipinski definition) is 0. The Bertz CT molecular complexity index is 561. The van der Waals surface area contributed by atoms with Crippen LogP contribution in [0.5, 0.6) is 0 Å². The molecule has 0 atom stereocenters. The Kier molecular flexibility index (Phi) is 3.67. The van der Waals surface area contributed by atoms with Gasteiger partial charge in [0.05, 0.1) is 0 Å². The van der Waals surface area contributed by atoms with E-state index in [9.17, 15) is 0 Å². The van der Waals surface area contributed by atoms with Gasteiger partial charge in [0.2, 0.25) is 0 Å². The monoisotopic (exact) mass is 272 g/mol. The van der Waals surface area contributed by atoms with Crippen LogP contribution in [0.25, 0.3) is 0 Å². The maximum Gasteiger partial charge on any atom is 0.0294 e. The summed E-state index contributed by atoms with van der Waals surface area (Å²) in [4.78, 5) is 5.70. The predicted octanol–water partition coefficient (Wildman–Crippen LogP) is 5.65. The first-order valence-electron chi connectivity index (χ1n) is 6.45. The minimum absolute atomic E-state index is 1.20. The lowest BCUT2D eigenvalue weighted by Gasteiger charge is -2.20. The zero-order valence-corrected chi connectivity index (χ0v) is 12.1. The molecule has 2 aromatic rings. The van der Waals surface area contributed by atoms with Gasteiger partial charge in [0.15, 0.2) is 0 Å². The van der Waals surface area contributed by atoms with Crippen molar-refractivity contribution in [1.82, 2.24) is 0 Å². The van der Waals surface area contributed by atoms with Crippen LogP contribution in [0.3, 0.4) is 0 Å². The predicted molar refractivity (Wildman–Crippen MR) is 79.7 cm³/mol. The molecule has 3 rings (SSSR count). The molecule has 0 unspecified atom stereocenters. The maximum atomic E-state index is 2.29. The van der Waals surface area contributed by atoms with E-state index in [0.717, 1.165) is 0 Å². The first kappa shape index (κ1) is 12.2. The Morgan fingerprint density at radius 3 is 2.33 bits per heavy atom. The van der Waals surface area contributed by atoms with Crippen LogP contribution in [-0.4, -0.2) is 0 Å². The molecule has 0 radical (unpaired) electrons. The fourth-order valence-electron chi connectivity index (χ4n) is 2.17. The first-order valence-corrected chi connectivity index (χ1v) is 8.08. The summed E-state index contributed by atoms with van der Waals surface area (Å²) in [7, 11) is 0. The van der Waals surface area contributed by atoms with Gasteiger partial charge in [-0.2, -0.15) is 0 Å². The maximum absolute atomic E-state index is 2.29. The van der Waals surface area contributed by atoms with Gasteiger partial charge in [-0.05, 0) is 36.6 Å². The third-order valence-electron chi connectivity index (χ3n) is 3.14. The summed E-state index contributed by atoms with van der Waals surface area (Å²) in [5.41, 5.74) is 1.52. The van der Waals surface area contributed by atoms with E-state index in [4.69, 9.17) is 0 Å². The largest absolute Gasteiger partial charge is 0.0877 e. The molecule has 0 N–H and O–H groups in total. The van der Waals surface area contributed by atoms with E-state index in [0.29, 0.717) is 0 Å². The Balaban J connectivity index is 1.97. The van der Waals surface area contributed by atoms with Gasteiger partial charge in [0.1, 0.15) is 0 Å². The van der Waals surface area contributed by atoms with Gasteiger partial charge >= 0.3 is 0 Å². The number of unbranched alkanes of at least 4 members (excludes halogenated alkanes) is 1. The van der Waals surface area contributed by atoms with Gasteiger partial charge in [-0.15, -0.1) is 0 Å². The van der Waals surface area contributed by atoms with Crippen molar-refractivity contribution in [2.75, 3.05) is 0 Å². The van der Waals surface area contributed by atoms with Crippen LogP contribution in [0.15, 0.2) is 62.0 Å². The number of aryl methyl sites for hydroxylation is 1. The normalized spacial score (nSPS) is 12.9. The minimum Gasteiger partial charge on any atom is -0.0877 e. The number of fused-ring (bicyclic) bond motifs is 2. The standard InChI is InChI=1S/C16H16S2/c1-2-3-7-12-8-6-11-15-16(12)18-14-10-5-4-9-13(14)17-15/h4-6,8-11H,2-3,7H2,1H3. The van der Waals surface area contributed by atoms with Gasteiger partial charge in [0, 0.05) is 19.6 Å². The second-order valence-corrected chi connectivity index (χ2v) is 6.63. The van der Waals surface area contributed by atoms with Crippen LogP contribution in [0.1, 0.15) is 25.3 Å². The molecule has 0 nitrogen and oxygen atoms in total. The van der Waals surface area contributed by atoms with E-state index in [2.05, 4.69) is 49.4 Å². The Morgan fingerprint density at radius 2 is 1.56 bits per heavy atom. The lowest BCUT2D eigenvalue weighted by Crippen LogP contribution is -1.95. The van der Waals surface area contributed by atoms with Crippen molar-refractivity contribution in [3.8, 4) is 0 Å². The van der Waals surface area contributed by atoms with Gasteiger partial charge in [-0.1, -0.05) is 61.1 Å². The molecule has 0 aliphatic carbocycles. The molecule has 92 valence electrons. The molecule has 2 heteroatoms. The summed E-state index contributed by atoms with van der Waals surface area (Å²) < 4.78 is 0. The topological polar surface area (TPSA) is 0 Å². The lowest BCUT2D eigenvalue weighted by molar-refractivity contribution is 0.780. The molecule has 1 aliphatic rings. The lowest BCUT2D eigenvalue weighted by atomic mass is 10.1. The SMILES string of the molecule is CCCCc1cccc2c1Sc1ccccc1S2. The zero-order valence-electron chi connectivity index (χ0n) is 10.5. The third kappa shape index (κ3) is 2.32. The molecule has 0 spiro atoms. The molecule has 0 saturated heterocycles. The van der Waals surface area contributed by atoms with E-state index < -0.39 is 0 Å². The highest BCUT2D eigenvalue weighted by Gasteiger charge is 2.18. The molecule has 1 heterocycles. The fourth-order valence-corrected chi connectivity index (χ4v) is 4.60. The van der Waals surface area contributed by atoms with Crippen LogP contribution in [0.4, 0.5) is 0 Å². The average molecular weight is 272 g/mol. The van der Waals surface area contributed by atoms with E-state index in [1.54, 1.807) is 0 Å². The summed E-state index contributed by atoms with van der Waals surface area (Å²) in [6, 6.07) is 15.4. The van der Waals surface area contributed by atoms with Crippen LogP contribution in [0, 0.1) is 0 Å². The van der Waals surface area contributed by atoms with Crippen LogP contribution in [0.2, 0.25) is 0 Å². The molecule has 0 saturated carbocycles. The second-order valence-electron chi connectivity index (χ2n) is 4.50. The summed E-state index contributed by atoms with van der Waals surface area (Å²) in [5.74, 6) is 0. The first-order chi connectivity index (χ1) is 8.88. The van der Waals surface area contributed by atoms with E-state index in [1.807, 2.05) is 23.5 Å². The second kappa shape index (κ2) is 5.41. The fraction of sp³-hybridized carbons (Fsp3) is 0.250.